The number of benzene rings is 2. The molecule has 0 aliphatic carbocycles. The van der Waals surface area contributed by atoms with Crippen LogP contribution in [0, 0.1) is 5.92 Å². The number of carbonyl (C=O) groups excluding carboxylic acids is 1. The minimum Gasteiger partial charge on any atom is -0.338 e. The van der Waals surface area contributed by atoms with Crippen molar-refractivity contribution in [1.29, 1.82) is 0 Å². The Morgan fingerprint density at radius 3 is 2.10 bits per heavy atom. The van der Waals surface area contributed by atoms with Crippen LogP contribution in [0.4, 0.5) is 0 Å². The molecule has 2 nitrogen and oxygen atoms in total. The van der Waals surface area contributed by atoms with Crippen molar-refractivity contribution in [3.8, 4) is 11.1 Å². The lowest BCUT2D eigenvalue weighted by atomic mass is 9.98. The van der Waals surface area contributed by atoms with E-state index in [0.717, 1.165) is 6.42 Å². The first-order chi connectivity index (χ1) is 9.66. The van der Waals surface area contributed by atoms with Gasteiger partial charge < -0.3 is 4.90 Å². The Labute approximate surface area is 120 Å². The lowest BCUT2D eigenvalue weighted by Gasteiger charge is -2.20. The SMILES string of the molecule is C[C@@H]1C[C@@H](c2ccc(-c3ccccc3)cc2)N(C)C1=O. The van der Waals surface area contributed by atoms with Gasteiger partial charge in [0, 0.05) is 13.0 Å². The topological polar surface area (TPSA) is 20.3 Å². The molecule has 1 saturated heterocycles. The van der Waals surface area contributed by atoms with Gasteiger partial charge in [0.25, 0.3) is 0 Å². The number of hydrogen-bond acceptors (Lipinski definition) is 1. The van der Waals surface area contributed by atoms with Gasteiger partial charge in [-0.15, -0.1) is 0 Å². The molecule has 0 unspecified atom stereocenters. The highest BCUT2D eigenvalue weighted by atomic mass is 16.2. The summed E-state index contributed by atoms with van der Waals surface area (Å²) in [5, 5.41) is 0. The largest absolute Gasteiger partial charge is 0.338 e. The van der Waals surface area contributed by atoms with Gasteiger partial charge in [-0.05, 0) is 23.1 Å². The molecule has 3 rings (SSSR count). The molecular formula is C18H19NO. The molecule has 1 aliphatic rings. The quantitative estimate of drug-likeness (QED) is 0.806. The maximum absolute atomic E-state index is 11.9. The molecule has 0 bridgehead atoms. The number of hydrogen-bond donors (Lipinski definition) is 0. The third-order valence-electron chi connectivity index (χ3n) is 4.22. The van der Waals surface area contributed by atoms with Gasteiger partial charge >= 0.3 is 0 Å². The minimum atomic E-state index is 0.138. The Balaban J connectivity index is 1.86. The molecule has 2 aromatic rings. The average Bonchev–Trinajstić information content (AvgIpc) is 2.76. The van der Waals surface area contributed by atoms with Crippen LogP contribution in [0.3, 0.4) is 0 Å². The molecule has 2 heteroatoms. The number of rotatable bonds is 2. The number of amides is 1. The second-order valence-electron chi connectivity index (χ2n) is 5.59. The molecule has 0 spiro atoms. The van der Waals surface area contributed by atoms with Crippen LogP contribution in [0.2, 0.25) is 0 Å². The molecule has 0 radical (unpaired) electrons. The summed E-state index contributed by atoms with van der Waals surface area (Å²) >= 11 is 0. The van der Waals surface area contributed by atoms with Crippen molar-refractivity contribution in [2.24, 2.45) is 5.92 Å². The summed E-state index contributed by atoms with van der Waals surface area (Å²) in [7, 11) is 1.90. The Kier molecular flexibility index (Phi) is 3.31. The first-order valence-corrected chi connectivity index (χ1v) is 7.09. The average molecular weight is 265 g/mol. The molecule has 0 aromatic heterocycles. The van der Waals surface area contributed by atoms with E-state index in [4.69, 9.17) is 0 Å². The number of likely N-dealkylation sites (tertiary alicyclic amines) is 1. The van der Waals surface area contributed by atoms with Gasteiger partial charge in [-0.25, -0.2) is 0 Å². The molecule has 2 atom stereocenters. The second-order valence-corrected chi connectivity index (χ2v) is 5.59. The molecule has 20 heavy (non-hydrogen) atoms. The van der Waals surface area contributed by atoms with Crippen molar-refractivity contribution < 1.29 is 4.79 Å². The van der Waals surface area contributed by atoms with Gasteiger partial charge in [0.1, 0.15) is 0 Å². The fraction of sp³-hybridized carbons (Fsp3) is 0.278. The predicted octanol–water partition coefficient (Wildman–Crippen LogP) is 3.89. The van der Waals surface area contributed by atoms with Crippen molar-refractivity contribution in [3.05, 3.63) is 60.2 Å². The molecule has 1 heterocycles. The lowest BCUT2D eigenvalue weighted by Crippen LogP contribution is -2.24. The fourth-order valence-corrected chi connectivity index (χ4v) is 2.98. The summed E-state index contributed by atoms with van der Waals surface area (Å²) < 4.78 is 0. The van der Waals surface area contributed by atoms with Gasteiger partial charge in [-0.2, -0.15) is 0 Å². The van der Waals surface area contributed by atoms with E-state index in [-0.39, 0.29) is 17.9 Å². The van der Waals surface area contributed by atoms with Crippen LogP contribution in [-0.2, 0) is 4.79 Å². The van der Waals surface area contributed by atoms with Crippen molar-refractivity contribution in [1.82, 2.24) is 4.90 Å². The zero-order valence-electron chi connectivity index (χ0n) is 11.9. The van der Waals surface area contributed by atoms with Crippen molar-refractivity contribution >= 4 is 5.91 Å². The Morgan fingerprint density at radius 2 is 1.55 bits per heavy atom. The Bertz CT molecular complexity index is 603. The molecule has 1 amide bonds. The van der Waals surface area contributed by atoms with Crippen LogP contribution in [0.5, 0.6) is 0 Å². The van der Waals surface area contributed by atoms with E-state index >= 15 is 0 Å². The van der Waals surface area contributed by atoms with Gasteiger partial charge in [-0.3, -0.25) is 4.79 Å². The van der Waals surface area contributed by atoms with Crippen LogP contribution >= 0.6 is 0 Å². The second kappa shape index (κ2) is 5.12. The van der Waals surface area contributed by atoms with Crippen LogP contribution in [0.15, 0.2) is 54.6 Å². The summed E-state index contributed by atoms with van der Waals surface area (Å²) in [4.78, 5) is 13.8. The Morgan fingerprint density at radius 1 is 0.950 bits per heavy atom. The third kappa shape index (κ3) is 2.22. The molecule has 1 aliphatic heterocycles. The van der Waals surface area contributed by atoms with Crippen LogP contribution in [0.1, 0.15) is 24.9 Å². The Hall–Kier alpha value is -2.09. The first kappa shape index (κ1) is 12.9. The summed E-state index contributed by atoms with van der Waals surface area (Å²) in [5.74, 6) is 0.390. The van der Waals surface area contributed by atoms with Gasteiger partial charge in [0.15, 0.2) is 0 Å². The molecule has 0 saturated carbocycles. The van der Waals surface area contributed by atoms with Crippen molar-refractivity contribution in [2.45, 2.75) is 19.4 Å². The lowest BCUT2D eigenvalue weighted by molar-refractivity contribution is -0.130. The monoisotopic (exact) mass is 265 g/mol. The summed E-state index contributed by atoms with van der Waals surface area (Å²) in [6.45, 7) is 2.01. The zero-order chi connectivity index (χ0) is 14.1. The van der Waals surface area contributed by atoms with E-state index in [2.05, 4.69) is 36.4 Å². The van der Waals surface area contributed by atoms with E-state index in [1.54, 1.807) is 0 Å². The number of nitrogens with zero attached hydrogens (tertiary/aromatic N) is 1. The van der Waals surface area contributed by atoms with E-state index in [1.807, 2.05) is 37.1 Å². The van der Waals surface area contributed by atoms with E-state index in [0.29, 0.717) is 0 Å². The summed E-state index contributed by atoms with van der Waals surface area (Å²) in [5.41, 5.74) is 3.67. The van der Waals surface area contributed by atoms with Crippen LogP contribution in [-0.4, -0.2) is 17.9 Å². The number of carbonyl (C=O) groups is 1. The van der Waals surface area contributed by atoms with Gasteiger partial charge in [-0.1, -0.05) is 61.5 Å². The van der Waals surface area contributed by atoms with Gasteiger partial charge in [0.2, 0.25) is 5.91 Å². The highest BCUT2D eigenvalue weighted by Crippen LogP contribution is 2.35. The highest BCUT2D eigenvalue weighted by molar-refractivity contribution is 5.81. The van der Waals surface area contributed by atoms with E-state index in [1.165, 1.54) is 16.7 Å². The van der Waals surface area contributed by atoms with E-state index in [9.17, 15) is 4.79 Å². The molecule has 102 valence electrons. The molecular weight excluding hydrogens is 246 g/mol. The highest BCUT2D eigenvalue weighted by Gasteiger charge is 2.34. The van der Waals surface area contributed by atoms with Crippen molar-refractivity contribution in [3.63, 3.8) is 0 Å². The normalized spacial score (nSPS) is 22.3. The smallest absolute Gasteiger partial charge is 0.225 e. The predicted molar refractivity (Wildman–Crippen MR) is 81.2 cm³/mol. The first-order valence-electron chi connectivity index (χ1n) is 7.09. The zero-order valence-corrected chi connectivity index (χ0v) is 11.9. The third-order valence-corrected chi connectivity index (χ3v) is 4.22. The van der Waals surface area contributed by atoms with Crippen LogP contribution in [0.25, 0.3) is 11.1 Å². The van der Waals surface area contributed by atoms with Crippen LogP contribution < -0.4 is 0 Å². The van der Waals surface area contributed by atoms with Crippen molar-refractivity contribution in [2.75, 3.05) is 7.05 Å². The maximum Gasteiger partial charge on any atom is 0.225 e. The van der Waals surface area contributed by atoms with Gasteiger partial charge in [0.05, 0.1) is 6.04 Å². The molecule has 1 fully saturated rings. The fourth-order valence-electron chi connectivity index (χ4n) is 2.98. The standard InChI is InChI=1S/C18H19NO/c1-13-12-17(19(2)18(13)20)16-10-8-15(9-11-16)14-6-4-3-5-7-14/h3-11,13,17H,12H2,1-2H3/t13-,17+/m1/s1. The summed E-state index contributed by atoms with van der Waals surface area (Å²) in [6, 6.07) is 19.2. The maximum atomic E-state index is 11.9. The summed E-state index contributed by atoms with van der Waals surface area (Å²) in [6.07, 6.45) is 0.917. The minimum absolute atomic E-state index is 0.138. The molecule has 2 aromatic carbocycles. The molecule has 0 N–H and O–H groups in total. The van der Waals surface area contributed by atoms with E-state index < -0.39 is 0 Å².